The lowest BCUT2D eigenvalue weighted by Gasteiger charge is -2.07. The fraction of sp³-hybridized carbons (Fsp3) is 0.118. The van der Waals surface area contributed by atoms with Gasteiger partial charge in [0.2, 0.25) is 0 Å². The second-order valence-electron chi connectivity index (χ2n) is 4.85. The number of carbonyl (C=O) groups excluding carboxylic acids is 1. The smallest absolute Gasteiger partial charge is 0.302 e. The van der Waals surface area contributed by atoms with Gasteiger partial charge < -0.3 is 4.74 Å². The number of rotatable bonds is 4. The Labute approximate surface area is 127 Å². The number of hydrogen-bond acceptors (Lipinski definition) is 4. The third kappa shape index (κ3) is 2.74. The first kappa shape index (κ1) is 14.0. The Hall–Kier alpha value is -2.95. The minimum atomic E-state index is -0.296. The predicted octanol–water partition coefficient (Wildman–Crippen LogP) is 3.13. The van der Waals surface area contributed by atoms with E-state index in [-0.39, 0.29) is 12.6 Å². The molecule has 5 heteroatoms. The van der Waals surface area contributed by atoms with E-state index in [0.29, 0.717) is 0 Å². The summed E-state index contributed by atoms with van der Waals surface area (Å²) in [5.41, 5.74) is 4.21. The van der Waals surface area contributed by atoms with Crippen molar-refractivity contribution in [3.05, 3.63) is 60.6 Å². The van der Waals surface area contributed by atoms with Crippen LogP contribution in [0.2, 0.25) is 0 Å². The van der Waals surface area contributed by atoms with Crippen LogP contribution in [0, 0.1) is 0 Å². The molecule has 0 N–H and O–H groups in total. The molecule has 0 bridgehead atoms. The van der Waals surface area contributed by atoms with Crippen LogP contribution in [0.5, 0.6) is 0 Å². The molecular formula is C17H15N3O2. The van der Waals surface area contributed by atoms with E-state index in [1.54, 1.807) is 12.4 Å². The molecule has 0 radical (unpaired) electrons. The Morgan fingerprint density at radius 3 is 3.00 bits per heavy atom. The molecule has 0 saturated carbocycles. The fourth-order valence-electron chi connectivity index (χ4n) is 2.19. The van der Waals surface area contributed by atoms with Crippen molar-refractivity contribution in [2.24, 2.45) is 0 Å². The Kier molecular flexibility index (Phi) is 3.70. The summed E-state index contributed by atoms with van der Waals surface area (Å²) in [5.74, 6) is -0.296. The van der Waals surface area contributed by atoms with Crippen molar-refractivity contribution in [3.8, 4) is 5.69 Å². The first-order chi connectivity index (χ1) is 10.7. The van der Waals surface area contributed by atoms with Crippen LogP contribution in [0.25, 0.3) is 22.9 Å². The summed E-state index contributed by atoms with van der Waals surface area (Å²) in [5, 5.41) is 0. The molecular weight excluding hydrogens is 278 g/mol. The van der Waals surface area contributed by atoms with Gasteiger partial charge in [-0.25, -0.2) is 9.97 Å². The molecule has 5 nitrogen and oxygen atoms in total. The van der Waals surface area contributed by atoms with E-state index >= 15 is 0 Å². The molecule has 22 heavy (non-hydrogen) atoms. The number of imidazole rings is 1. The van der Waals surface area contributed by atoms with Crippen molar-refractivity contribution in [2.75, 3.05) is 0 Å². The molecule has 0 aliphatic rings. The van der Waals surface area contributed by atoms with Crippen LogP contribution < -0.4 is 0 Å². The highest BCUT2D eigenvalue weighted by Crippen LogP contribution is 2.18. The monoisotopic (exact) mass is 293 g/mol. The van der Waals surface area contributed by atoms with Gasteiger partial charge in [-0.1, -0.05) is 18.7 Å². The quantitative estimate of drug-likeness (QED) is 0.693. The summed E-state index contributed by atoms with van der Waals surface area (Å²) in [7, 11) is 0. The molecule has 1 aromatic carbocycles. The Morgan fingerprint density at radius 2 is 2.23 bits per heavy atom. The average Bonchev–Trinajstić information content (AvgIpc) is 2.96. The maximum absolute atomic E-state index is 10.9. The van der Waals surface area contributed by atoms with Crippen molar-refractivity contribution in [3.63, 3.8) is 0 Å². The van der Waals surface area contributed by atoms with Crippen molar-refractivity contribution in [1.82, 2.24) is 14.5 Å². The highest BCUT2D eigenvalue weighted by molar-refractivity contribution is 5.74. The summed E-state index contributed by atoms with van der Waals surface area (Å²) in [6, 6.07) is 11.5. The summed E-state index contributed by atoms with van der Waals surface area (Å²) in [6.07, 6.45) is 3.43. The van der Waals surface area contributed by atoms with Crippen LogP contribution in [0.3, 0.4) is 0 Å². The molecule has 0 atom stereocenters. The lowest BCUT2D eigenvalue weighted by Crippen LogP contribution is -2.00. The highest BCUT2D eigenvalue weighted by atomic mass is 16.5. The number of carbonyl (C=O) groups is 1. The van der Waals surface area contributed by atoms with Gasteiger partial charge >= 0.3 is 5.97 Å². The van der Waals surface area contributed by atoms with Crippen LogP contribution in [-0.4, -0.2) is 20.5 Å². The van der Waals surface area contributed by atoms with Gasteiger partial charge in [-0.2, -0.15) is 0 Å². The molecule has 0 saturated heterocycles. The lowest BCUT2D eigenvalue weighted by molar-refractivity contribution is -0.142. The van der Waals surface area contributed by atoms with E-state index in [1.807, 2.05) is 41.0 Å². The number of nitrogens with zero attached hydrogens (tertiary/aromatic N) is 3. The maximum atomic E-state index is 10.9. The largest absolute Gasteiger partial charge is 0.461 e. The van der Waals surface area contributed by atoms with Gasteiger partial charge in [0, 0.05) is 12.6 Å². The second kappa shape index (κ2) is 5.81. The standard InChI is InChI=1S/C17H15N3O2/c1-3-14-7-8-16-17(19-14)20(11-18-16)15-6-4-5-13(9-15)10-22-12(2)21/h3-9,11H,1,10H2,2H3. The summed E-state index contributed by atoms with van der Waals surface area (Å²) < 4.78 is 6.93. The van der Waals surface area contributed by atoms with Gasteiger partial charge in [0.1, 0.15) is 18.5 Å². The van der Waals surface area contributed by atoms with E-state index < -0.39 is 0 Å². The van der Waals surface area contributed by atoms with Gasteiger partial charge in [-0.3, -0.25) is 9.36 Å². The third-order valence-corrected chi connectivity index (χ3v) is 3.26. The van der Waals surface area contributed by atoms with Crippen LogP contribution in [0.1, 0.15) is 18.2 Å². The van der Waals surface area contributed by atoms with E-state index in [4.69, 9.17) is 4.74 Å². The predicted molar refractivity (Wildman–Crippen MR) is 84.4 cm³/mol. The van der Waals surface area contributed by atoms with Crippen LogP contribution in [0.15, 0.2) is 49.3 Å². The second-order valence-corrected chi connectivity index (χ2v) is 4.85. The third-order valence-electron chi connectivity index (χ3n) is 3.26. The van der Waals surface area contributed by atoms with Crippen molar-refractivity contribution < 1.29 is 9.53 Å². The van der Waals surface area contributed by atoms with Crippen LogP contribution in [-0.2, 0) is 16.1 Å². The lowest BCUT2D eigenvalue weighted by atomic mass is 10.2. The summed E-state index contributed by atoms with van der Waals surface area (Å²) in [6.45, 7) is 5.39. The number of aromatic nitrogens is 3. The zero-order valence-corrected chi connectivity index (χ0v) is 12.2. The Balaban J connectivity index is 2.01. The molecule has 0 unspecified atom stereocenters. The molecule has 110 valence electrons. The van der Waals surface area contributed by atoms with Crippen LogP contribution in [0.4, 0.5) is 0 Å². The molecule has 0 aliphatic heterocycles. The average molecular weight is 293 g/mol. The Morgan fingerprint density at radius 1 is 1.36 bits per heavy atom. The van der Waals surface area contributed by atoms with Gasteiger partial charge in [0.25, 0.3) is 0 Å². The van der Waals surface area contributed by atoms with E-state index in [1.165, 1.54) is 6.92 Å². The summed E-state index contributed by atoms with van der Waals surface area (Å²) >= 11 is 0. The highest BCUT2D eigenvalue weighted by Gasteiger charge is 2.07. The molecule has 2 aromatic heterocycles. The number of hydrogen-bond donors (Lipinski definition) is 0. The van der Waals surface area contributed by atoms with Gasteiger partial charge in [0.05, 0.1) is 5.69 Å². The normalized spacial score (nSPS) is 10.6. The number of fused-ring (bicyclic) bond motifs is 1. The first-order valence-corrected chi connectivity index (χ1v) is 6.86. The van der Waals surface area contributed by atoms with Crippen LogP contribution >= 0.6 is 0 Å². The zero-order chi connectivity index (χ0) is 15.5. The van der Waals surface area contributed by atoms with Crippen molar-refractivity contribution >= 4 is 23.2 Å². The molecule has 0 aliphatic carbocycles. The molecule has 0 amide bonds. The van der Waals surface area contributed by atoms with E-state index in [2.05, 4.69) is 16.5 Å². The zero-order valence-electron chi connectivity index (χ0n) is 12.2. The minimum Gasteiger partial charge on any atom is -0.461 e. The van der Waals surface area contributed by atoms with Crippen molar-refractivity contribution in [1.29, 1.82) is 0 Å². The number of ether oxygens (including phenoxy) is 1. The molecule has 0 fully saturated rings. The summed E-state index contributed by atoms with van der Waals surface area (Å²) in [4.78, 5) is 19.8. The fourth-order valence-corrected chi connectivity index (χ4v) is 2.19. The maximum Gasteiger partial charge on any atom is 0.302 e. The first-order valence-electron chi connectivity index (χ1n) is 6.86. The molecule has 2 heterocycles. The Bertz CT molecular complexity index is 852. The minimum absolute atomic E-state index is 0.251. The molecule has 3 aromatic rings. The SMILES string of the molecule is C=Cc1ccc2ncn(-c3cccc(COC(C)=O)c3)c2n1. The molecule has 0 spiro atoms. The topological polar surface area (TPSA) is 57.0 Å². The van der Waals surface area contributed by atoms with E-state index in [0.717, 1.165) is 28.1 Å². The number of esters is 1. The van der Waals surface area contributed by atoms with E-state index in [9.17, 15) is 4.79 Å². The molecule has 3 rings (SSSR count). The number of benzene rings is 1. The van der Waals surface area contributed by atoms with Crippen molar-refractivity contribution in [2.45, 2.75) is 13.5 Å². The van der Waals surface area contributed by atoms with Gasteiger partial charge in [0.15, 0.2) is 5.65 Å². The number of pyridine rings is 1. The van der Waals surface area contributed by atoms with Gasteiger partial charge in [-0.15, -0.1) is 0 Å². The van der Waals surface area contributed by atoms with Gasteiger partial charge in [-0.05, 0) is 35.9 Å².